The molecule has 0 saturated heterocycles. The first-order chi connectivity index (χ1) is 9.95. The molecule has 3 N–H and O–H groups in total. The summed E-state index contributed by atoms with van der Waals surface area (Å²) in [6.45, 7) is 6.46. The molecule has 0 spiro atoms. The van der Waals surface area contributed by atoms with Crippen molar-refractivity contribution in [1.29, 1.82) is 0 Å². The van der Waals surface area contributed by atoms with Crippen molar-refractivity contribution in [2.45, 2.75) is 39.5 Å². The predicted octanol–water partition coefficient (Wildman–Crippen LogP) is 2.89. The number of rotatable bonds is 6. The smallest absolute Gasteiger partial charge is 0.167 e. The fourth-order valence-corrected chi connectivity index (χ4v) is 2.06. The molecule has 114 valence electrons. The molecule has 0 aliphatic heterocycles. The summed E-state index contributed by atoms with van der Waals surface area (Å²) in [6, 6.07) is 3.00. The number of nitrogens with zero attached hydrogens (tertiary/aromatic N) is 2. The lowest BCUT2D eigenvalue weighted by Gasteiger charge is -2.19. The van der Waals surface area contributed by atoms with Crippen molar-refractivity contribution in [3.8, 4) is 5.75 Å². The monoisotopic (exact) mass is 292 g/mol. The molecular weight excluding hydrogens is 271 g/mol. The fraction of sp³-hybridized carbons (Fsp3) is 0.400. The number of imidazole rings is 1. The van der Waals surface area contributed by atoms with Gasteiger partial charge in [0.05, 0.1) is 23.8 Å². The molecule has 1 atom stereocenters. The van der Waals surface area contributed by atoms with Crippen molar-refractivity contribution in [1.82, 2.24) is 9.55 Å². The minimum Gasteiger partial charge on any atom is -0.488 e. The molecule has 2 rings (SSSR count). The number of hydrogen-bond acceptors (Lipinski definition) is 4. The Hall–Kier alpha value is -2.24. The van der Waals surface area contributed by atoms with E-state index in [1.54, 1.807) is 18.6 Å². The van der Waals surface area contributed by atoms with Crippen LogP contribution >= 0.6 is 0 Å². The third-order valence-corrected chi connectivity index (χ3v) is 2.91. The van der Waals surface area contributed by atoms with Gasteiger partial charge in [-0.1, -0.05) is 0 Å². The Kier molecular flexibility index (Phi) is 4.67. The van der Waals surface area contributed by atoms with Gasteiger partial charge in [0, 0.05) is 37.1 Å². The summed E-state index contributed by atoms with van der Waals surface area (Å²) in [5.74, 6) is -0.245. The van der Waals surface area contributed by atoms with E-state index in [0.717, 1.165) is 6.54 Å². The maximum Gasteiger partial charge on any atom is 0.167 e. The Bertz CT molecular complexity index is 584. The van der Waals surface area contributed by atoms with Gasteiger partial charge in [0.15, 0.2) is 11.6 Å². The van der Waals surface area contributed by atoms with Crippen LogP contribution in [0.4, 0.5) is 15.8 Å². The summed E-state index contributed by atoms with van der Waals surface area (Å²) in [4.78, 5) is 4.00. The van der Waals surface area contributed by atoms with E-state index in [-0.39, 0.29) is 17.9 Å². The number of ether oxygens (including phenoxy) is 1. The maximum absolute atomic E-state index is 13.8. The zero-order valence-electron chi connectivity index (χ0n) is 12.5. The molecule has 0 aliphatic carbocycles. The number of hydrogen-bond donors (Lipinski definition) is 2. The number of nitrogens with one attached hydrogen (secondary N) is 1. The number of aromatic nitrogens is 2. The molecule has 0 bridgehead atoms. The molecule has 0 radical (unpaired) electrons. The van der Waals surface area contributed by atoms with Crippen LogP contribution in [0.1, 0.15) is 20.8 Å². The maximum atomic E-state index is 13.8. The van der Waals surface area contributed by atoms with E-state index in [0.29, 0.717) is 11.4 Å². The van der Waals surface area contributed by atoms with Gasteiger partial charge in [0.1, 0.15) is 0 Å². The molecule has 6 heteroatoms. The van der Waals surface area contributed by atoms with Crippen LogP contribution in [0.2, 0.25) is 0 Å². The van der Waals surface area contributed by atoms with Crippen LogP contribution in [0.3, 0.4) is 0 Å². The van der Waals surface area contributed by atoms with Gasteiger partial charge >= 0.3 is 0 Å². The van der Waals surface area contributed by atoms with Crippen LogP contribution in [0, 0.1) is 5.82 Å². The van der Waals surface area contributed by atoms with Crippen LogP contribution in [0.15, 0.2) is 30.9 Å². The number of anilines is 2. The van der Waals surface area contributed by atoms with Crippen molar-refractivity contribution in [3.63, 3.8) is 0 Å². The van der Waals surface area contributed by atoms with Gasteiger partial charge in [-0.05, 0) is 20.8 Å². The van der Waals surface area contributed by atoms with Gasteiger partial charge < -0.3 is 20.4 Å². The zero-order chi connectivity index (χ0) is 15.4. The highest BCUT2D eigenvalue weighted by Crippen LogP contribution is 2.29. The molecule has 1 unspecified atom stereocenters. The fourth-order valence-electron chi connectivity index (χ4n) is 2.06. The number of nitrogen functional groups attached to an aromatic ring is 1. The molecule has 0 amide bonds. The highest BCUT2D eigenvalue weighted by atomic mass is 19.1. The normalized spacial score (nSPS) is 12.4. The minimum atomic E-state index is -0.450. The molecule has 5 nitrogen and oxygen atoms in total. The quantitative estimate of drug-likeness (QED) is 0.804. The second-order valence-electron chi connectivity index (χ2n) is 5.34. The molecule has 2 aromatic rings. The minimum absolute atomic E-state index is 0.0978. The highest BCUT2D eigenvalue weighted by molar-refractivity contribution is 5.68. The third kappa shape index (κ3) is 4.11. The number of nitrogens with two attached hydrogens (primary N) is 1. The van der Waals surface area contributed by atoms with Crippen molar-refractivity contribution < 1.29 is 9.13 Å². The van der Waals surface area contributed by atoms with Gasteiger partial charge in [-0.15, -0.1) is 0 Å². The molecular formula is C15H21FN4O. The topological polar surface area (TPSA) is 65.1 Å². The van der Waals surface area contributed by atoms with E-state index >= 15 is 0 Å². The van der Waals surface area contributed by atoms with Gasteiger partial charge in [-0.3, -0.25) is 0 Å². The van der Waals surface area contributed by atoms with Crippen LogP contribution in [0.5, 0.6) is 5.75 Å². The Balaban J connectivity index is 2.11. The Morgan fingerprint density at radius 2 is 2.14 bits per heavy atom. The van der Waals surface area contributed by atoms with Gasteiger partial charge in [0.25, 0.3) is 0 Å². The van der Waals surface area contributed by atoms with E-state index in [2.05, 4.69) is 10.3 Å². The average Bonchev–Trinajstić information content (AvgIpc) is 2.87. The van der Waals surface area contributed by atoms with E-state index in [1.165, 1.54) is 6.07 Å². The number of benzene rings is 1. The second-order valence-corrected chi connectivity index (χ2v) is 5.34. The van der Waals surface area contributed by atoms with Crippen LogP contribution < -0.4 is 15.8 Å². The van der Waals surface area contributed by atoms with Gasteiger partial charge in [0.2, 0.25) is 0 Å². The first kappa shape index (κ1) is 15.2. The van der Waals surface area contributed by atoms with E-state index in [1.807, 2.05) is 31.5 Å². The summed E-state index contributed by atoms with van der Waals surface area (Å²) < 4.78 is 21.2. The van der Waals surface area contributed by atoms with E-state index in [9.17, 15) is 4.39 Å². The van der Waals surface area contributed by atoms with Crippen LogP contribution in [0.25, 0.3) is 0 Å². The van der Waals surface area contributed by atoms with Crippen molar-refractivity contribution in [3.05, 3.63) is 36.7 Å². The lowest BCUT2D eigenvalue weighted by molar-refractivity contribution is 0.231. The average molecular weight is 292 g/mol. The summed E-state index contributed by atoms with van der Waals surface area (Å²) >= 11 is 0. The van der Waals surface area contributed by atoms with Gasteiger partial charge in [-0.25, -0.2) is 9.37 Å². The molecule has 21 heavy (non-hydrogen) atoms. The summed E-state index contributed by atoms with van der Waals surface area (Å²) in [5.41, 5.74) is 6.89. The summed E-state index contributed by atoms with van der Waals surface area (Å²) in [7, 11) is 0. The predicted molar refractivity (Wildman–Crippen MR) is 81.9 cm³/mol. The molecule has 0 fully saturated rings. The third-order valence-electron chi connectivity index (χ3n) is 2.91. The molecule has 1 aromatic heterocycles. The Labute approximate surface area is 123 Å². The first-order valence-corrected chi connectivity index (χ1v) is 6.93. The lowest BCUT2D eigenvalue weighted by Crippen LogP contribution is -2.22. The van der Waals surface area contributed by atoms with Crippen molar-refractivity contribution in [2.24, 2.45) is 0 Å². The molecule has 0 saturated carbocycles. The largest absolute Gasteiger partial charge is 0.488 e. The van der Waals surface area contributed by atoms with Crippen molar-refractivity contribution in [2.75, 3.05) is 11.1 Å². The summed E-state index contributed by atoms with van der Waals surface area (Å²) in [5, 5.41) is 3.27. The first-order valence-electron chi connectivity index (χ1n) is 6.93. The van der Waals surface area contributed by atoms with Gasteiger partial charge in [-0.2, -0.15) is 0 Å². The SMILES string of the molecule is CC(Cn1ccnc1)Nc1cc(OC(C)C)c(F)cc1N. The molecule has 0 aliphatic rings. The highest BCUT2D eigenvalue weighted by Gasteiger charge is 2.12. The van der Waals surface area contributed by atoms with Crippen LogP contribution in [-0.4, -0.2) is 21.7 Å². The van der Waals surface area contributed by atoms with Crippen molar-refractivity contribution >= 4 is 11.4 Å². The van der Waals surface area contributed by atoms with E-state index < -0.39 is 5.82 Å². The number of halogens is 1. The molecule has 1 aromatic carbocycles. The molecule has 1 heterocycles. The lowest BCUT2D eigenvalue weighted by atomic mass is 10.2. The summed E-state index contributed by atoms with van der Waals surface area (Å²) in [6.07, 6.45) is 5.27. The zero-order valence-corrected chi connectivity index (χ0v) is 12.5. The second kappa shape index (κ2) is 6.47. The standard InChI is InChI=1S/C15H21FN4O/c1-10(2)21-15-7-14(13(17)6-12(15)16)19-11(3)8-20-5-4-18-9-20/h4-7,9-11,19H,8,17H2,1-3H3. The Morgan fingerprint density at radius 3 is 2.76 bits per heavy atom. The van der Waals surface area contributed by atoms with Crippen LogP contribution in [-0.2, 0) is 6.54 Å². The Morgan fingerprint density at radius 1 is 1.38 bits per heavy atom. The van der Waals surface area contributed by atoms with E-state index in [4.69, 9.17) is 10.5 Å².